The van der Waals surface area contributed by atoms with E-state index in [1.54, 1.807) is 0 Å². The molecule has 2 amide bonds. The van der Waals surface area contributed by atoms with Gasteiger partial charge in [0, 0.05) is 17.8 Å². The number of rotatable bonds is 6. The summed E-state index contributed by atoms with van der Waals surface area (Å²) in [5.41, 5.74) is -3.48. The van der Waals surface area contributed by atoms with Crippen molar-refractivity contribution in [3.05, 3.63) is 74.7 Å². The smallest absolute Gasteiger partial charge is 0.417 e. The van der Waals surface area contributed by atoms with Gasteiger partial charge in [0.2, 0.25) is 0 Å². The lowest BCUT2D eigenvalue weighted by Gasteiger charge is -2.18. The molecule has 204 valence electrons. The molecule has 3 aromatic rings. The Morgan fingerprint density at radius 1 is 0.789 bits per heavy atom. The molecule has 0 radical (unpaired) electrons. The van der Waals surface area contributed by atoms with Crippen molar-refractivity contribution in [2.75, 3.05) is 10.6 Å². The minimum absolute atomic E-state index is 0.145. The fourth-order valence-electron chi connectivity index (χ4n) is 2.84. The van der Waals surface area contributed by atoms with Gasteiger partial charge in [0.25, 0.3) is 0 Å². The molecular formula is C21H10Cl3F6N2O5S-. The summed E-state index contributed by atoms with van der Waals surface area (Å²) in [6.45, 7) is 0. The molecule has 2 N–H and O–H groups in total. The van der Waals surface area contributed by atoms with Gasteiger partial charge in [-0.2, -0.15) is 26.3 Å². The molecule has 0 bridgehead atoms. The van der Waals surface area contributed by atoms with Gasteiger partial charge in [0.15, 0.2) is 17.2 Å². The summed E-state index contributed by atoms with van der Waals surface area (Å²) >= 11 is 14.2. The molecule has 0 aromatic heterocycles. The highest BCUT2D eigenvalue weighted by atomic mass is 35.5. The lowest BCUT2D eigenvalue weighted by molar-refractivity contribution is -0.138. The van der Waals surface area contributed by atoms with Gasteiger partial charge in [-0.3, -0.25) is 0 Å². The Hall–Kier alpha value is -2.91. The Morgan fingerprint density at radius 3 is 2.00 bits per heavy atom. The molecule has 7 nitrogen and oxygen atoms in total. The molecular weight excluding hydrogens is 613 g/mol. The second-order valence-corrected chi connectivity index (χ2v) is 8.88. The Morgan fingerprint density at radius 2 is 1.42 bits per heavy atom. The second-order valence-electron chi connectivity index (χ2n) is 7.08. The highest BCUT2D eigenvalue weighted by Gasteiger charge is 2.34. The van der Waals surface area contributed by atoms with Crippen LogP contribution in [0.15, 0.2) is 48.5 Å². The first-order valence-corrected chi connectivity index (χ1v) is 11.8. The second kappa shape index (κ2) is 11.5. The largest absolute Gasteiger partial charge is 0.740 e. The quantitative estimate of drug-likeness (QED) is 0.213. The van der Waals surface area contributed by atoms with E-state index in [9.17, 15) is 39.9 Å². The summed E-state index contributed by atoms with van der Waals surface area (Å²) in [4.78, 5) is 12.5. The van der Waals surface area contributed by atoms with E-state index in [2.05, 4.69) is 4.18 Å². The Kier molecular flexibility index (Phi) is 8.93. The number of carbonyl (C=O) groups excluding carboxylic acids is 1. The van der Waals surface area contributed by atoms with Crippen molar-refractivity contribution in [3.63, 3.8) is 0 Å². The van der Waals surface area contributed by atoms with Crippen molar-refractivity contribution >= 4 is 63.6 Å². The van der Waals surface area contributed by atoms with Crippen LogP contribution in [0.3, 0.4) is 0 Å². The number of carbonyl (C=O) groups is 1. The molecule has 1 unspecified atom stereocenters. The number of hydrogen-bond acceptors (Lipinski definition) is 5. The molecule has 17 heteroatoms. The number of benzene rings is 3. The van der Waals surface area contributed by atoms with Crippen LogP contribution in [0.2, 0.25) is 15.1 Å². The van der Waals surface area contributed by atoms with E-state index < -0.39 is 68.8 Å². The van der Waals surface area contributed by atoms with Crippen molar-refractivity contribution in [2.24, 2.45) is 0 Å². The molecule has 0 heterocycles. The number of urea groups is 1. The summed E-state index contributed by atoms with van der Waals surface area (Å²) in [7, 11) is 0. The van der Waals surface area contributed by atoms with E-state index in [1.807, 2.05) is 10.6 Å². The zero-order valence-electron chi connectivity index (χ0n) is 18.0. The van der Waals surface area contributed by atoms with Gasteiger partial charge in [0.05, 0.1) is 31.9 Å². The van der Waals surface area contributed by atoms with Crippen LogP contribution in [0.1, 0.15) is 11.1 Å². The fourth-order valence-corrected chi connectivity index (χ4v) is 3.65. The Labute approximate surface area is 227 Å². The van der Waals surface area contributed by atoms with Crippen molar-refractivity contribution in [1.29, 1.82) is 0 Å². The van der Waals surface area contributed by atoms with Crippen LogP contribution in [0.5, 0.6) is 17.2 Å². The maximum atomic E-state index is 13.3. The van der Waals surface area contributed by atoms with Crippen molar-refractivity contribution < 1.29 is 48.8 Å². The summed E-state index contributed by atoms with van der Waals surface area (Å²) in [5, 5.41) is 3.15. The van der Waals surface area contributed by atoms with Gasteiger partial charge >= 0.3 is 18.4 Å². The summed E-state index contributed by atoms with van der Waals surface area (Å²) in [6, 6.07) is 4.98. The molecule has 0 spiro atoms. The van der Waals surface area contributed by atoms with Gasteiger partial charge in [-0.25, -0.2) is 9.00 Å². The van der Waals surface area contributed by atoms with Gasteiger partial charge < -0.3 is 24.1 Å². The molecule has 0 saturated heterocycles. The normalized spacial score (nSPS) is 12.6. The van der Waals surface area contributed by atoms with Crippen LogP contribution in [-0.4, -0.2) is 14.8 Å². The van der Waals surface area contributed by atoms with E-state index in [0.29, 0.717) is 18.2 Å². The van der Waals surface area contributed by atoms with E-state index in [4.69, 9.17) is 39.5 Å². The molecule has 0 aliphatic carbocycles. The lowest BCUT2D eigenvalue weighted by Crippen LogP contribution is -2.21. The maximum Gasteiger partial charge on any atom is 0.417 e. The average Bonchev–Trinajstić information content (AvgIpc) is 2.77. The average molecular weight is 623 g/mol. The third kappa shape index (κ3) is 7.57. The van der Waals surface area contributed by atoms with Crippen LogP contribution in [-0.2, 0) is 23.7 Å². The van der Waals surface area contributed by atoms with Crippen molar-refractivity contribution in [1.82, 2.24) is 0 Å². The molecule has 1 atom stereocenters. The molecule has 0 aliphatic rings. The van der Waals surface area contributed by atoms with Gasteiger partial charge in [-0.1, -0.05) is 34.8 Å². The van der Waals surface area contributed by atoms with Crippen LogP contribution in [0, 0.1) is 0 Å². The molecule has 0 aliphatic heterocycles. The monoisotopic (exact) mass is 621 g/mol. The Bertz CT molecular complexity index is 1400. The van der Waals surface area contributed by atoms with Crippen LogP contribution < -0.4 is 19.6 Å². The summed E-state index contributed by atoms with van der Waals surface area (Å²) < 4.78 is 111. The van der Waals surface area contributed by atoms with E-state index in [1.165, 1.54) is 0 Å². The van der Waals surface area contributed by atoms with Crippen molar-refractivity contribution in [3.8, 4) is 17.2 Å². The summed E-state index contributed by atoms with van der Waals surface area (Å²) in [5.74, 6) is -1.37. The predicted molar refractivity (Wildman–Crippen MR) is 127 cm³/mol. The van der Waals surface area contributed by atoms with Crippen LogP contribution in [0.25, 0.3) is 0 Å². The van der Waals surface area contributed by atoms with E-state index >= 15 is 0 Å². The zero-order valence-corrected chi connectivity index (χ0v) is 21.1. The minimum Gasteiger partial charge on any atom is -0.740 e. The van der Waals surface area contributed by atoms with Gasteiger partial charge in [0.1, 0.15) is 11.4 Å². The molecule has 0 saturated carbocycles. The standard InChI is InChI=1S/C21H11Cl3F6N2O5S/c22-12-3-2-10(6-11(12)21(28,29)30)31-19(33)32-15-5-9(20(25,26)27)1-4-16(15)36-17-7-13(23)14(24)8-18(17)37-38(34)35/h1-8H,(H,34,35)(H2,31,32,33)/p-1. The van der Waals surface area contributed by atoms with Gasteiger partial charge in [-0.05, 0) is 36.4 Å². The SMILES string of the molecule is O=C(Nc1ccc(Cl)c(C(F)(F)F)c1)Nc1cc(C(F)(F)F)ccc1Oc1cc(Cl)c(Cl)cc1OS(=O)[O-]. The third-order valence-electron chi connectivity index (χ3n) is 4.45. The predicted octanol–water partition coefficient (Wildman–Crippen LogP) is 8.29. The first-order chi connectivity index (χ1) is 17.5. The number of halogens is 9. The number of alkyl halides is 6. The number of anilines is 2. The zero-order chi connectivity index (χ0) is 28.4. The molecule has 3 rings (SSSR count). The maximum absolute atomic E-state index is 13.3. The van der Waals surface area contributed by atoms with E-state index in [0.717, 1.165) is 30.3 Å². The first-order valence-electron chi connectivity index (χ1n) is 9.65. The van der Waals surface area contributed by atoms with Crippen LogP contribution in [0.4, 0.5) is 42.5 Å². The summed E-state index contributed by atoms with van der Waals surface area (Å²) in [6.07, 6.45) is -9.71. The van der Waals surface area contributed by atoms with E-state index in [-0.39, 0.29) is 15.7 Å². The Balaban J connectivity index is 1.97. The topological polar surface area (TPSA) is 99.7 Å². The number of nitrogens with one attached hydrogen (secondary N) is 2. The molecule has 3 aromatic carbocycles. The molecule has 0 fully saturated rings. The van der Waals surface area contributed by atoms with Crippen LogP contribution >= 0.6 is 34.8 Å². The minimum atomic E-state index is -4.86. The number of hydrogen-bond donors (Lipinski definition) is 2. The molecule has 38 heavy (non-hydrogen) atoms. The highest BCUT2D eigenvalue weighted by molar-refractivity contribution is 7.74. The number of ether oxygens (including phenoxy) is 1. The fraction of sp³-hybridized carbons (Fsp3) is 0.0952. The first kappa shape index (κ1) is 29.6. The third-order valence-corrected chi connectivity index (χ3v) is 5.82. The van der Waals surface area contributed by atoms with Gasteiger partial charge in [-0.15, -0.1) is 0 Å². The lowest BCUT2D eigenvalue weighted by atomic mass is 10.1. The number of amides is 2. The van der Waals surface area contributed by atoms with Crippen molar-refractivity contribution in [2.45, 2.75) is 12.4 Å². The highest BCUT2D eigenvalue weighted by Crippen LogP contribution is 2.42.